The number of rotatable bonds is 3. The molecule has 0 amide bonds. The normalized spacial score (nSPS) is 10.1. The highest BCUT2D eigenvalue weighted by Crippen LogP contribution is 2.20. The molecule has 0 spiro atoms. The predicted octanol–water partition coefficient (Wildman–Crippen LogP) is 2.47. The topological polar surface area (TPSA) is 63.8 Å². The van der Waals surface area contributed by atoms with Gasteiger partial charge in [-0.2, -0.15) is 0 Å². The van der Waals surface area contributed by atoms with Crippen LogP contribution < -0.4 is 11.1 Å². The maximum absolute atomic E-state index is 5.67. The van der Waals surface area contributed by atoms with E-state index in [0.29, 0.717) is 10.8 Å². The first-order chi connectivity index (χ1) is 8.58. The molecule has 0 unspecified atom stereocenters. The van der Waals surface area contributed by atoms with Crippen LogP contribution in [0.25, 0.3) is 0 Å². The SMILES string of the molecule is Cc1ccc(Nc2ncccc2C(N)=S)c(C)n1. The molecule has 0 fully saturated rings. The monoisotopic (exact) mass is 258 g/mol. The number of aromatic nitrogens is 2. The van der Waals surface area contributed by atoms with Crippen LogP contribution in [0.2, 0.25) is 0 Å². The van der Waals surface area contributed by atoms with Crippen LogP contribution in [-0.4, -0.2) is 15.0 Å². The van der Waals surface area contributed by atoms with Gasteiger partial charge >= 0.3 is 0 Å². The summed E-state index contributed by atoms with van der Waals surface area (Å²) in [5, 5.41) is 3.21. The molecule has 2 aromatic heterocycles. The van der Waals surface area contributed by atoms with Crippen molar-refractivity contribution in [3.05, 3.63) is 47.4 Å². The van der Waals surface area contributed by atoms with Crippen molar-refractivity contribution in [2.24, 2.45) is 5.73 Å². The van der Waals surface area contributed by atoms with Gasteiger partial charge in [0, 0.05) is 11.9 Å². The molecule has 0 aliphatic carbocycles. The Morgan fingerprint density at radius 3 is 2.72 bits per heavy atom. The minimum atomic E-state index is 0.323. The molecule has 2 aromatic rings. The van der Waals surface area contributed by atoms with Crippen molar-refractivity contribution in [2.75, 3.05) is 5.32 Å². The minimum Gasteiger partial charge on any atom is -0.389 e. The Morgan fingerprint density at radius 2 is 2.06 bits per heavy atom. The number of thiocarbonyl (C=S) groups is 1. The molecule has 18 heavy (non-hydrogen) atoms. The molecule has 0 saturated heterocycles. The molecule has 0 bridgehead atoms. The molecule has 4 nitrogen and oxygen atoms in total. The van der Waals surface area contributed by atoms with Crippen LogP contribution >= 0.6 is 12.2 Å². The number of hydrogen-bond donors (Lipinski definition) is 2. The van der Waals surface area contributed by atoms with Crippen molar-refractivity contribution in [2.45, 2.75) is 13.8 Å². The number of aryl methyl sites for hydroxylation is 2. The van der Waals surface area contributed by atoms with Gasteiger partial charge in [0.2, 0.25) is 0 Å². The first kappa shape index (κ1) is 12.4. The van der Waals surface area contributed by atoms with Crippen LogP contribution in [0.4, 0.5) is 11.5 Å². The van der Waals surface area contributed by atoms with E-state index < -0.39 is 0 Å². The second-order valence-corrected chi connectivity index (χ2v) is 4.41. The predicted molar refractivity (Wildman–Crippen MR) is 77.1 cm³/mol. The Morgan fingerprint density at radius 1 is 1.28 bits per heavy atom. The van der Waals surface area contributed by atoms with E-state index >= 15 is 0 Å². The molecule has 5 heteroatoms. The van der Waals surface area contributed by atoms with E-state index in [0.717, 1.165) is 22.6 Å². The number of nitrogens with two attached hydrogens (primary N) is 1. The molecule has 2 rings (SSSR count). The van der Waals surface area contributed by atoms with Crippen LogP contribution in [0.5, 0.6) is 0 Å². The van der Waals surface area contributed by atoms with Crippen molar-refractivity contribution in [3.8, 4) is 0 Å². The lowest BCUT2D eigenvalue weighted by molar-refractivity contribution is 1.12. The van der Waals surface area contributed by atoms with E-state index in [1.54, 1.807) is 12.3 Å². The molecule has 0 saturated carbocycles. The molecule has 3 N–H and O–H groups in total. The summed E-state index contributed by atoms with van der Waals surface area (Å²) in [5.41, 5.74) is 9.19. The van der Waals surface area contributed by atoms with Gasteiger partial charge < -0.3 is 11.1 Å². The highest BCUT2D eigenvalue weighted by Gasteiger charge is 2.07. The largest absolute Gasteiger partial charge is 0.389 e. The second-order valence-electron chi connectivity index (χ2n) is 3.97. The highest BCUT2D eigenvalue weighted by molar-refractivity contribution is 7.80. The van der Waals surface area contributed by atoms with E-state index in [9.17, 15) is 0 Å². The van der Waals surface area contributed by atoms with Crippen molar-refractivity contribution in [1.82, 2.24) is 9.97 Å². The Hall–Kier alpha value is -2.01. The van der Waals surface area contributed by atoms with Crippen molar-refractivity contribution < 1.29 is 0 Å². The van der Waals surface area contributed by atoms with Crippen molar-refractivity contribution >= 4 is 28.7 Å². The Bertz CT molecular complexity index is 595. The fourth-order valence-electron chi connectivity index (χ4n) is 1.65. The second kappa shape index (κ2) is 5.10. The maximum Gasteiger partial charge on any atom is 0.140 e. The van der Waals surface area contributed by atoms with Gasteiger partial charge in [0.15, 0.2) is 0 Å². The van der Waals surface area contributed by atoms with Crippen molar-refractivity contribution in [1.29, 1.82) is 0 Å². The zero-order valence-electron chi connectivity index (χ0n) is 10.3. The summed E-state index contributed by atoms with van der Waals surface area (Å²) in [6, 6.07) is 7.56. The lowest BCUT2D eigenvalue weighted by Crippen LogP contribution is -2.13. The van der Waals surface area contributed by atoms with E-state index in [1.807, 2.05) is 32.0 Å². The average molecular weight is 258 g/mol. The number of nitrogens with one attached hydrogen (secondary N) is 1. The van der Waals surface area contributed by atoms with Crippen LogP contribution in [0.1, 0.15) is 17.0 Å². The molecule has 0 radical (unpaired) electrons. The third-order valence-electron chi connectivity index (χ3n) is 2.55. The van der Waals surface area contributed by atoms with Gasteiger partial charge in [-0.1, -0.05) is 12.2 Å². The fourth-order valence-corrected chi connectivity index (χ4v) is 1.81. The first-order valence-corrected chi connectivity index (χ1v) is 5.95. The van der Waals surface area contributed by atoms with Gasteiger partial charge in [-0.3, -0.25) is 4.98 Å². The zero-order valence-corrected chi connectivity index (χ0v) is 11.1. The molecular weight excluding hydrogens is 244 g/mol. The van der Waals surface area contributed by atoms with Crippen LogP contribution in [0, 0.1) is 13.8 Å². The standard InChI is InChI=1S/C13H14N4S/c1-8-5-6-11(9(2)16-8)17-13-10(12(14)18)4-3-7-15-13/h3-7H,1-2H3,(H2,14,18)(H,15,17). The third-order valence-corrected chi connectivity index (χ3v) is 2.77. The summed E-state index contributed by atoms with van der Waals surface area (Å²) in [4.78, 5) is 8.96. The molecule has 92 valence electrons. The molecule has 2 heterocycles. The average Bonchev–Trinajstić information content (AvgIpc) is 2.33. The van der Waals surface area contributed by atoms with E-state index in [-0.39, 0.29) is 0 Å². The molecule has 0 atom stereocenters. The Balaban J connectivity index is 2.37. The molecule has 0 aromatic carbocycles. The number of pyridine rings is 2. The lowest BCUT2D eigenvalue weighted by atomic mass is 10.2. The fraction of sp³-hybridized carbons (Fsp3) is 0.154. The van der Waals surface area contributed by atoms with E-state index in [2.05, 4.69) is 15.3 Å². The Labute approximate surface area is 111 Å². The maximum atomic E-state index is 5.67. The van der Waals surface area contributed by atoms with Gasteiger partial charge in [-0.05, 0) is 38.1 Å². The highest BCUT2D eigenvalue weighted by atomic mass is 32.1. The van der Waals surface area contributed by atoms with Gasteiger partial charge in [0.25, 0.3) is 0 Å². The molecular formula is C13H14N4S. The molecule has 0 aliphatic rings. The van der Waals surface area contributed by atoms with Crippen LogP contribution in [-0.2, 0) is 0 Å². The van der Waals surface area contributed by atoms with E-state index in [4.69, 9.17) is 18.0 Å². The minimum absolute atomic E-state index is 0.323. The number of hydrogen-bond acceptors (Lipinski definition) is 4. The Kier molecular flexibility index (Phi) is 3.53. The van der Waals surface area contributed by atoms with Gasteiger partial charge in [-0.15, -0.1) is 0 Å². The zero-order chi connectivity index (χ0) is 13.1. The summed E-state index contributed by atoms with van der Waals surface area (Å²) < 4.78 is 0. The summed E-state index contributed by atoms with van der Waals surface area (Å²) in [7, 11) is 0. The van der Waals surface area contributed by atoms with Crippen molar-refractivity contribution in [3.63, 3.8) is 0 Å². The summed E-state index contributed by atoms with van der Waals surface area (Å²) in [6.45, 7) is 3.90. The summed E-state index contributed by atoms with van der Waals surface area (Å²) >= 11 is 5.00. The van der Waals surface area contributed by atoms with E-state index in [1.165, 1.54) is 0 Å². The van der Waals surface area contributed by atoms with Gasteiger partial charge in [-0.25, -0.2) is 4.98 Å². The number of nitrogens with zero attached hydrogens (tertiary/aromatic N) is 2. The third kappa shape index (κ3) is 2.62. The van der Waals surface area contributed by atoms with Crippen LogP contribution in [0.15, 0.2) is 30.5 Å². The lowest BCUT2D eigenvalue weighted by Gasteiger charge is -2.11. The number of anilines is 2. The quantitative estimate of drug-likeness (QED) is 0.828. The van der Waals surface area contributed by atoms with Gasteiger partial charge in [0.1, 0.15) is 10.8 Å². The van der Waals surface area contributed by atoms with Gasteiger partial charge in [0.05, 0.1) is 16.9 Å². The smallest absolute Gasteiger partial charge is 0.140 e. The summed E-state index contributed by atoms with van der Waals surface area (Å²) in [6.07, 6.45) is 1.70. The summed E-state index contributed by atoms with van der Waals surface area (Å²) in [5.74, 6) is 0.652. The molecule has 0 aliphatic heterocycles. The first-order valence-electron chi connectivity index (χ1n) is 5.54. The van der Waals surface area contributed by atoms with Crippen LogP contribution in [0.3, 0.4) is 0 Å².